The van der Waals surface area contributed by atoms with Crippen LogP contribution in [0.5, 0.6) is 0 Å². The van der Waals surface area contributed by atoms with E-state index in [9.17, 15) is 0 Å². The topological polar surface area (TPSA) is 26.0 Å². The van der Waals surface area contributed by atoms with E-state index in [2.05, 4.69) is 0 Å². The van der Waals surface area contributed by atoms with E-state index in [1.54, 1.807) is 0 Å². The zero-order chi connectivity index (χ0) is 12.3. The van der Waals surface area contributed by atoms with E-state index in [1.807, 2.05) is 18.2 Å². The molecule has 17 heavy (non-hydrogen) atoms. The van der Waals surface area contributed by atoms with Crippen LogP contribution in [0.25, 0.3) is 0 Å². The number of hydrogen-bond donors (Lipinski definition) is 1. The van der Waals surface area contributed by atoms with E-state index in [-0.39, 0.29) is 0 Å². The predicted octanol–water partition coefficient (Wildman–Crippen LogP) is 4.44. The van der Waals surface area contributed by atoms with Crippen molar-refractivity contribution < 1.29 is 0 Å². The largest absolute Gasteiger partial charge is 0.327 e. The van der Waals surface area contributed by atoms with Crippen LogP contribution in [0.15, 0.2) is 18.2 Å². The molecule has 1 atom stereocenters. The molecule has 0 bridgehead atoms. The lowest BCUT2D eigenvalue weighted by molar-refractivity contribution is 0.410. The summed E-state index contributed by atoms with van der Waals surface area (Å²) in [6, 6.07) is 5.95. The molecule has 1 saturated carbocycles. The van der Waals surface area contributed by atoms with E-state index in [4.69, 9.17) is 28.9 Å². The minimum atomic E-state index is 0.313. The molecule has 0 heterocycles. The molecule has 1 nitrogen and oxygen atoms in total. The normalized spacial score (nSPS) is 18.5. The summed E-state index contributed by atoms with van der Waals surface area (Å²) in [5.41, 5.74) is 7.36. The number of nitrogens with two attached hydrogens (primary N) is 1. The summed E-state index contributed by atoms with van der Waals surface area (Å²) >= 11 is 12.1. The second-order valence-electron chi connectivity index (χ2n) is 4.98. The minimum absolute atomic E-state index is 0.313. The van der Waals surface area contributed by atoms with Gasteiger partial charge in [-0.1, -0.05) is 36.0 Å². The molecule has 0 spiro atoms. The quantitative estimate of drug-likeness (QED) is 0.861. The standard InChI is InChI=1S/C14H19Cl2N/c15-12-6-7-13(16)11(9-12)5-8-14(17)10-3-1-2-4-10/h6-7,9-10,14H,1-5,8,17H2. The molecule has 3 heteroatoms. The maximum absolute atomic E-state index is 6.24. The molecule has 1 aliphatic rings. The molecular formula is C14H19Cl2N. The van der Waals surface area contributed by atoms with Gasteiger partial charge in [-0.25, -0.2) is 0 Å². The summed E-state index contributed by atoms with van der Waals surface area (Å²) in [6.45, 7) is 0. The molecule has 1 aromatic rings. The van der Waals surface area contributed by atoms with Crippen LogP contribution >= 0.6 is 23.2 Å². The van der Waals surface area contributed by atoms with Crippen molar-refractivity contribution in [2.24, 2.45) is 11.7 Å². The third-order valence-corrected chi connectivity index (χ3v) is 4.36. The van der Waals surface area contributed by atoms with Crippen molar-refractivity contribution in [2.75, 3.05) is 0 Å². The van der Waals surface area contributed by atoms with Crippen molar-refractivity contribution in [2.45, 2.75) is 44.6 Å². The first-order valence-corrected chi connectivity index (χ1v) is 7.12. The first kappa shape index (κ1) is 13.2. The van der Waals surface area contributed by atoms with Gasteiger partial charge in [0.1, 0.15) is 0 Å². The van der Waals surface area contributed by atoms with Crippen LogP contribution in [-0.4, -0.2) is 6.04 Å². The van der Waals surface area contributed by atoms with Gasteiger partial charge in [-0.05, 0) is 55.4 Å². The first-order chi connectivity index (χ1) is 8.16. The molecule has 1 fully saturated rings. The molecule has 1 aliphatic carbocycles. The van der Waals surface area contributed by atoms with Crippen LogP contribution in [-0.2, 0) is 6.42 Å². The lowest BCUT2D eigenvalue weighted by atomic mass is 9.93. The SMILES string of the molecule is NC(CCc1cc(Cl)ccc1Cl)C1CCCC1. The molecule has 0 aromatic heterocycles. The Kier molecular flexibility index (Phi) is 4.72. The van der Waals surface area contributed by atoms with Crippen molar-refractivity contribution in [1.29, 1.82) is 0 Å². The van der Waals surface area contributed by atoms with Crippen LogP contribution in [0.1, 0.15) is 37.7 Å². The average Bonchev–Trinajstić information content (AvgIpc) is 2.83. The highest BCUT2D eigenvalue weighted by Gasteiger charge is 2.21. The number of hydrogen-bond acceptors (Lipinski definition) is 1. The smallest absolute Gasteiger partial charge is 0.0439 e. The van der Waals surface area contributed by atoms with Crippen LogP contribution in [0, 0.1) is 5.92 Å². The summed E-state index contributed by atoms with van der Waals surface area (Å²) < 4.78 is 0. The summed E-state index contributed by atoms with van der Waals surface area (Å²) in [6.07, 6.45) is 7.21. The lowest BCUT2D eigenvalue weighted by Gasteiger charge is -2.18. The highest BCUT2D eigenvalue weighted by molar-refractivity contribution is 6.33. The fourth-order valence-electron chi connectivity index (χ4n) is 2.68. The molecule has 1 aromatic carbocycles. The maximum Gasteiger partial charge on any atom is 0.0439 e. The third-order valence-electron chi connectivity index (χ3n) is 3.76. The summed E-state index contributed by atoms with van der Waals surface area (Å²) in [5, 5.41) is 1.55. The van der Waals surface area contributed by atoms with Gasteiger partial charge in [0, 0.05) is 16.1 Å². The molecule has 0 aliphatic heterocycles. The van der Waals surface area contributed by atoms with Gasteiger partial charge in [0.2, 0.25) is 0 Å². The zero-order valence-electron chi connectivity index (χ0n) is 9.96. The summed E-state index contributed by atoms with van der Waals surface area (Å²) in [5.74, 6) is 0.716. The fourth-order valence-corrected chi connectivity index (χ4v) is 3.09. The van der Waals surface area contributed by atoms with Crippen molar-refractivity contribution >= 4 is 23.2 Å². The number of benzene rings is 1. The molecule has 2 rings (SSSR count). The van der Waals surface area contributed by atoms with Crippen molar-refractivity contribution in [1.82, 2.24) is 0 Å². The second-order valence-corrected chi connectivity index (χ2v) is 5.83. The Labute approximate surface area is 113 Å². The molecule has 1 unspecified atom stereocenters. The van der Waals surface area contributed by atoms with E-state index in [1.165, 1.54) is 25.7 Å². The van der Waals surface area contributed by atoms with Gasteiger partial charge in [-0.2, -0.15) is 0 Å². The molecule has 0 saturated heterocycles. The Morgan fingerprint density at radius 1 is 1.24 bits per heavy atom. The lowest BCUT2D eigenvalue weighted by Crippen LogP contribution is -2.28. The van der Waals surface area contributed by atoms with Crippen LogP contribution in [0.4, 0.5) is 0 Å². The van der Waals surface area contributed by atoms with Gasteiger partial charge < -0.3 is 5.73 Å². The van der Waals surface area contributed by atoms with Crippen molar-refractivity contribution in [3.05, 3.63) is 33.8 Å². The summed E-state index contributed by atoms with van der Waals surface area (Å²) in [7, 11) is 0. The highest BCUT2D eigenvalue weighted by atomic mass is 35.5. The summed E-state index contributed by atoms with van der Waals surface area (Å²) in [4.78, 5) is 0. The molecule has 0 amide bonds. The molecular weight excluding hydrogens is 253 g/mol. The minimum Gasteiger partial charge on any atom is -0.327 e. The van der Waals surface area contributed by atoms with Crippen LogP contribution in [0.3, 0.4) is 0 Å². The van der Waals surface area contributed by atoms with Gasteiger partial charge in [-0.3, -0.25) is 0 Å². The second kappa shape index (κ2) is 6.08. The maximum atomic E-state index is 6.24. The van der Waals surface area contributed by atoms with Gasteiger partial charge >= 0.3 is 0 Å². The number of rotatable bonds is 4. The average molecular weight is 272 g/mol. The molecule has 0 radical (unpaired) electrons. The predicted molar refractivity (Wildman–Crippen MR) is 74.7 cm³/mol. The van der Waals surface area contributed by atoms with Gasteiger partial charge in [0.15, 0.2) is 0 Å². The van der Waals surface area contributed by atoms with E-state index >= 15 is 0 Å². The third kappa shape index (κ3) is 3.61. The highest BCUT2D eigenvalue weighted by Crippen LogP contribution is 2.29. The number of halogens is 2. The van der Waals surface area contributed by atoms with Gasteiger partial charge in [-0.15, -0.1) is 0 Å². The van der Waals surface area contributed by atoms with E-state index in [0.29, 0.717) is 12.0 Å². The fraction of sp³-hybridized carbons (Fsp3) is 0.571. The van der Waals surface area contributed by atoms with Crippen LogP contribution in [0.2, 0.25) is 10.0 Å². The first-order valence-electron chi connectivity index (χ1n) is 6.36. The van der Waals surface area contributed by atoms with Gasteiger partial charge in [0.25, 0.3) is 0 Å². The molecule has 2 N–H and O–H groups in total. The number of aryl methyl sites for hydroxylation is 1. The Balaban J connectivity index is 1.90. The Morgan fingerprint density at radius 2 is 1.94 bits per heavy atom. The Morgan fingerprint density at radius 3 is 2.65 bits per heavy atom. The Bertz CT molecular complexity index is 372. The monoisotopic (exact) mass is 271 g/mol. The Hall–Kier alpha value is -0.240. The van der Waals surface area contributed by atoms with Crippen molar-refractivity contribution in [3.8, 4) is 0 Å². The van der Waals surface area contributed by atoms with Gasteiger partial charge in [0.05, 0.1) is 0 Å². The van der Waals surface area contributed by atoms with E-state index in [0.717, 1.165) is 28.5 Å². The van der Waals surface area contributed by atoms with Crippen LogP contribution < -0.4 is 5.73 Å². The molecule has 94 valence electrons. The van der Waals surface area contributed by atoms with Crippen molar-refractivity contribution in [3.63, 3.8) is 0 Å². The zero-order valence-corrected chi connectivity index (χ0v) is 11.5. The van der Waals surface area contributed by atoms with E-state index < -0.39 is 0 Å².